The van der Waals surface area contributed by atoms with Crippen LogP contribution in [0.25, 0.3) is 0 Å². The molecular formula is C28H58SeSi6. The van der Waals surface area contributed by atoms with Gasteiger partial charge in [-0.1, -0.05) is 0 Å². The summed E-state index contributed by atoms with van der Waals surface area (Å²) in [5, 5.41) is 3.80. The van der Waals surface area contributed by atoms with Crippen LogP contribution >= 0.6 is 0 Å². The molecule has 0 N–H and O–H groups in total. The van der Waals surface area contributed by atoms with Crippen LogP contribution in [0.1, 0.15) is 0 Å². The molecule has 0 heterocycles. The fourth-order valence-electron chi connectivity index (χ4n) is 7.78. The van der Waals surface area contributed by atoms with E-state index < -0.39 is 48.4 Å². The number of hydrogen-bond donors (Lipinski definition) is 0. The summed E-state index contributed by atoms with van der Waals surface area (Å²) in [5.41, 5.74) is 0. The Hall–Kier alpha value is 0.781. The summed E-state index contributed by atoms with van der Waals surface area (Å²) >= 11 is 0.415. The van der Waals surface area contributed by atoms with Gasteiger partial charge in [-0.05, 0) is 0 Å². The molecule has 0 spiro atoms. The molecule has 7 heteroatoms. The van der Waals surface area contributed by atoms with Gasteiger partial charge < -0.3 is 0 Å². The van der Waals surface area contributed by atoms with Crippen LogP contribution in [0.4, 0.5) is 0 Å². The molecule has 35 heavy (non-hydrogen) atoms. The summed E-state index contributed by atoms with van der Waals surface area (Å²) in [4.78, 5) is 0. The molecule has 0 bridgehead atoms. The van der Waals surface area contributed by atoms with Crippen molar-refractivity contribution >= 4 is 63.4 Å². The molecule has 200 valence electrons. The van der Waals surface area contributed by atoms with Crippen molar-refractivity contribution in [3.63, 3.8) is 0 Å². The third-order valence-corrected chi connectivity index (χ3v) is 36.1. The minimum atomic E-state index is -1.46. The minimum absolute atomic E-state index is 0.403. The van der Waals surface area contributed by atoms with Crippen LogP contribution in [-0.4, -0.2) is 63.4 Å². The van der Waals surface area contributed by atoms with Crippen molar-refractivity contribution in [2.75, 3.05) is 0 Å². The van der Waals surface area contributed by atoms with Gasteiger partial charge in [0.1, 0.15) is 0 Å². The van der Waals surface area contributed by atoms with E-state index in [4.69, 9.17) is 0 Å². The average molecular weight is 642 g/mol. The molecule has 0 aromatic heterocycles. The first kappa shape index (κ1) is 32.0. The van der Waals surface area contributed by atoms with E-state index in [0.29, 0.717) is 24.3 Å². The Morgan fingerprint density at radius 2 is 0.657 bits per heavy atom. The zero-order chi connectivity index (χ0) is 27.8. The maximum absolute atomic E-state index is 2.89. The predicted molar refractivity (Wildman–Crippen MR) is 184 cm³/mol. The van der Waals surface area contributed by atoms with Gasteiger partial charge in [0.2, 0.25) is 0 Å². The Kier molecular flexibility index (Phi) is 8.38. The van der Waals surface area contributed by atoms with Crippen molar-refractivity contribution in [3.05, 3.63) is 43.6 Å². The van der Waals surface area contributed by atoms with Gasteiger partial charge in [-0.2, -0.15) is 0 Å². The third kappa shape index (κ3) is 5.45. The molecule has 0 atom stereocenters. The first-order valence-electron chi connectivity index (χ1n) is 13.7. The normalized spacial score (nSPS) is 21.5. The summed E-state index contributed by atoms with van der Waals surface area (Å²) in [5.74, 6) is 0. The molecule has 2 aliphatic rings. The van der Waals surface area contributed by atoms with E-state index in [1.165, 1.54) is 0 Å². The van der Waals surface area contributed by atoms with Gasteiger partial charge in [0.15, 0.2) is 0 Å². The SMILES string of the molecule is C[Si](C)(C)C1=CC([Se]C2=CC([Si](C)(C)C)([Si](C)(C)C)C([Si](C)(C)C)=C2)=CC1([Si](C)(C)C)[Si](C)(C)C. The van der Waals surface area contributed by atoms with Crippen molar-refractivity contribution in [1.82, 2.24) is 0 Å². The van der Waals surface area contributed by atoms with Gasteiger partial charge in [0.05, 0.1) is 0 Å². The summed E-state index contributed by atoms with van der Waals surface area (Å²) in [6.45, 7) is 47.5. The van der Waals surface area contributed by atoms with Crippen LogP contribution in [0.2, 0.25) is 127 Å². The van der Waals surface area contributed by atoms with E-state index in [1.807, 2.05) is 10.4 Å². The number of allylic oxidation sites excluding steroid dienone is 8. The third-order valence-electron chi connectivity index (χ3n) is 8.72. The second kappa shape index (κ2) is 9.17. The molecular weight excluding hydrogens is 584 g/mol. The quantitative estimate of drug-likeness (QED) is 0.231. The Balaban J connectivity index is 2.79. The Morgan fingerprint density at radius 3 is 0.800 bits per heavy atom. The van der Waals surface area contributed by atoms with E-state index in [9.17, 15) is 0 Å². The monoisotopic (exact) mass is 642 g/mol. The Labute approximate surface area is 232 Å². The van der Waals surface area contributed by atoms with Crippen LogP contribution in [0.3, 0.4) is 0 Å². The number of rotatable bonds is 8. The van der Waals surface area contributed by atoms with Gasteiger partial charge in [-0.3, -0.25) is 0 Å². The summed E-state index contributed by atoms with van der Waals surface area (Å²) in [6.07, 6.45) is 11.3. The fourth-order valence-corrected chi connectivity index (χ4v) is 48.0. The van der Waals surface area contributed by atoms with Crippen molar-refractivity contribution in [2.24, 2.45) is 0 Å². The predicted octanol–water partition coefficient (Wildman–Crippen LogP) is 10.0. The Morgan fingerprint density at radius 1 is 0.429 bits per heavy atom. The molecule has 0 fully saturated rings. The van der Waals surface area contributed by atoms with Crippen LogP contribution in [-0.2, 0) is 0 Å². The molecule has 0 amide bonds. The van der Waals surface area contributed by atoms with Gasteiger partial charge in [-0.25, -0.2) is 0 Å². The maximum atomic E-state index is 2.89. The van der Waals surface area contributed by atoms with Gasteiger partial charge in [0, 0.05) is 0 Å². The van der Waals surface area contributed by atoms with Crippen molar-refractivity contribution < 1.29 is 0 Å². The van der Waals surface area contributed by atoms with Gasteiger partial charge in [0.25, 0.3) is 0 Å². The Bertz CT molecular complexity index is 863. The standard InChI is InChI=1S/C28H58SeSi6/c1-30(2,3)25-19-23(21-27(25,32(7,8)9)33(10,11)12)29-24-20-26(31(4,5)6)28(22-24,34(13,14)15)35(16,17)18/h19-22H,1-18H3. The van der Waals surface area contributed by atoms with Gasteiger partial charge >= 0.3 is 234 Å². The van der Waals surface area contributed by atoms with E-state index >= 15 is 0 Å². The molecule has 0 saturated carbocycles. The zero-order valence-corrected chi connectivity index (χ0v) is 34.4. The fraction of sp³-hybridized carbons (Fsp3) is 0.714. The van der Waals surface area contributed by atoms with Crippen molar-refractivity contribution in [2.45, 2.75) is 127 Å². The number of hydrogen-bond acceptors (Lipinski definition) is 0. The van der Waals surface area contributed by atoms with E-state index in [2.05, 4.69) is 142 Å². The molecule has 0 aliphatic heterocycles. The van der Waals surface area contributed by atoms with E-state index in [1.54, 1.807) is 8.94 Å². The summed E-state index contributed by atoms with van der Waals surface area (Å²) in [6, 6.07) is 0. The van der Waals surface area contributed by atoms with Gasteiger partial charge in [-0.15, -0.1) is 0 Å². The van der Waals surface area contributed by atoms with Crippen LogP contribution in [0, 0.1) is 0 Å². The van der Waals surface area contributed by atoms with E-state index in [-0.39, 0.29) is 0 Å². The second-order valence-corrected chi connectivity index (χ2v) is 52.1. The topological polar surface area (TPSA) is 0 Å². The first-order valence-corrected chi connectivity index (χ1v) is 36.4. The van der Waals surface area contributed by atoms with Crippen LogP contribution < -0.4 is 0 Å². The molecule has 0 radical (unpaired) electrons. The molecule has 0 saturated heterocycles. The average Bonchev–Trinajstić information content (AvgIpc) is 3.12. The summed E-state index contributed by atoms with van der Waals surface area (Å²) < 4.78 is 4.22. The second-order valence-electron chi connectivity index (χ2n) is 17.4. The molecule has 2 aliphatic carbocycles. The van der Waals surface area contributed by atoms with Crippen LogP contribution in [0.5, 0.6) is 0 Å². The molecule has 0 unspecified atom stereocenters. The molecule has 0 aromatic rings. The van der Waals surface area contributed by atoms with Crippen LogP contribution in [0.15, 0.2) is 43.6 Å². The zero-order valence-electron chi connectivity index (χ0n) is 26.7. The summed E-state index contributed by atoms with van der Waals surface area (Å²) in [7, 11) is -8.73. The van der Waals surface area contributed by atoms with E-state index in [0.717, 1.165) is 0 Å². The molecule has 0 nitrogen and oxygen atoms in total. The first-order chi connectivity index (χ1) is 15.1. The van der Waals surface area contributed by atoms with Crippen molar-refractivity contribution in [1.29, 1.82) is 0 Å². The molecule has 2 rings (SSSR count). The molecule has 0 aromatic carbocycles. The van der Waals surface area contributed by atoms with Crippen molar-refractivity contribution in [3.8, 4) is 0 Å².